The summed E-state index contributed by atoms with van der Waals surface area (Å²) >= 11 is 0. The summed E-state index contributed by atoms with van der Waals surface area (Å²) in [5.74, 6) is -0.168. The van der Waals surface area contributed by atoms with E-state index in [0.29, 0.717) is 25.9 Å². The molecule has 1 saturated heterocycles. The standard InChI is InChI=1S/C18H20F3N5O2/c1-11-22-14(18(19,20)21)10-15(23-11)26-8-5-12(6-9-26)24-16(27)13-4-3-7-25(2)17(13)28/h3-4,7,10,12H,5-6,8-9H2,1-2H3,(H,24,27). The van der Waals surface area contributed by atoms with Crippen molar-refractivity contribution in [2.24, 2.45) is 7.05 Å². The zero-order chi connectivity index (χ0) is 20.5. The minimum Gasteiger partial charge on any atom is -0.356 e. The van der Waals surface area contributed by atoms with Crippen LogP contribution >= 0.6 is 0 Å². The van der Waals surface area contributed by atoms with Gasteiger partial charge in [-0.1, -0.05) is 0 Å². The molecule has 1 aliphatic rings. The quantitative estimate of drug-likeness (QED) is 0.859. The molecular weight excluding hydrogens is 375 g/mol. The van der Waals surface area contributed by atoms with E-state index in [1.54, 1.807) is 24.2 Å². The molecule has 150 valence electrons. The van der Waals surface area contributed by atoms with Gasteiger partial charge in [0, 0.05) is 38.4 Å². The number of alkyl halides is 3. The van der Waals surface area contributed by atoms with Crippen molar-refractivity contribution < 1.29 is 18.0 Å². The summed E-state index contributed by atoms with van der Waals surface area (Å²) in [6.45, 7) is 2.29. The Morgan fingerprint density at radius 2 is 1.93 bits per heavy atom. The first-order valence-corrected chi connectivity index (χ1v) is 8.79. The van der Waals surface area contributed by atoms with Crippen molar-refractivity contribution >= 4 is 11.7 Å². The van der Waals surface area contributed by atoms with E-state index < -0.39 is 17.8 Å². The molecule has 0 spiro atoms. The van der Waals surface area contributed by atoms with E-state index >= 15 is 0 Å². The largest absolute Gasteiger partial charge is 0.433 e. The SMILES string of the molecule is Cc1nc(N2CCC(NC(=O)c3cccn(C)c3=O)CC2)cc(C(F)(F)F)n1. The van der Waals surface area contributed by atoms with E-state index in [9.17, 15) is 22.8 Å². The van der Waals surface area contributed by atoms with Crippen LogP contribution in [0.5, 0.6) is 0 Å². The molecule has 28 heavy (non-hydrogen) atoms. The fourth-order valence-corrected chi connectivity index (χ4v) is 3.15. The summed E-state index contributed by atoms with van der Waals surface area (Å²) in [7, 11) is 1.57. The van der Waals surface area contributed by atoms with Crippen molar-refractivity contribution in [3.63, 3.8) is 0 Å². The first kappa shape index (κ1) is 19.8. The van der Waals surface area contributed by atoms with E-state index in [0.717, 1.165) is 6.07 Å². The van der Waals surface area contributed by atoms with Gasteiger partial charge < -0.3 is 14.8 Å². The van der Waals surface area contributed by atoms with Crippen LogP contribution in [0, 0.1) is 6.92 Å². The molecule has 1 N–H and O–H groups in total. The number of hydrogen-bond donors (Lipinski definition) is 1. The normalized spacial score (nSPS) is 15.5. The first-order valence-electron chi connectivity index (χ1n) is 8.79. The third-order valence-electron chi connectivity index (χ3n) is 4.64. The van der Waals surface area contributed by atoms with Crippen molar-refractivity contribution in [3.05, 3.63) is 51.8 Å². The molecule has 1 fully saturated rings. The molecule has 0 unspecified atom stereocenters. The van der Waals surface area contributed by atoms with Gasteiger partial charge in [-0.05, 0) is 31.9 Å². The maximum Gasteiger partial charge on any atom is 0.433 e. The van der Waals surface area contributed by atoms with Gasteiger partial charge in [0.05, 0.1) is 0 Å². The second kappa shape index (κ2) is 7.61. The molecule has 1 aliphatic heterocycles. The number of carbonyl (C=O) groups excluding carboxylic acids is 1. The Morgan fingerprint density at radius 3 is 2.57 bits per heavy atom. The minimum absolute atomic E-state index is 0.0557. The first-order chi connectivity index (χ1) is 13.1. The molecule has 2 aromatic rings. The van der Waals surface area contributed by atoms with Gasteiger partial charge in [0.1, 0.15) is 22.9 Å². The number of aromatic nitrogens is 3. The van der Waals surface area contributed by atoms with Gasteiger partial charge in [-0.25, -0.2) is 9.97 Å². The lowest BCUT2D eigenvalue weighted by Crippen LogP contribution is -2.46. The Labute approximate surface area is 159 Å². The van der Waals surface area contributed by atoms with Crippen molar-refractivity contribution in [3.8, 4) is 0 Å². The van der Waals surface area contributed by atoms with Crippen LogP contribution < -0.4 is 15.8 Å². The Bertz CT molecular complexity index is 934. The lowest BCUT2D eigenvalue weighted by atomic mass is 10.0. The van der Waals surface area contributed by atoms with Crippen LogP contribution in [-0.4, -0.2) is 39.6 Å². The van der Waals surface area contributed by atoms with Gasteiger partial charge in [-0.2, -0.15) is 13.2 Å². The molecule has 0 saturated carbocycles. The third-order valence-corrected chi connectivity index (χ3v) is 4.64. The molecule has 0 aliphatic carbocycles. The van der Waals surface area contributed by atoms with Gasteiger partial charge in [0.25, 0.3) is 11.5 Å². The Kier molecular flexibility index (Phi) is 5.39. The lowest BCUT2D eigenvalue weighted by molar-refractivity contribution is -0.141. The van der Waals surface area contributed by atoms with Crippen LogP contribution in [0.3, 0.4) is 0 Å². The number of pyridine rings is 1. The monoisotopic (exact) mass is 395 g/mol. The van der Waals surface area contributed by atoms with Gasteiger partial charge in [-0.15, -0.1) is 0 Å². The molecule has 0 aromatic carbocycles. The molecule has 1 amide bonds. The summed E-state index contributed by atoms with van der Waals surface area (Å²) in [5, 5.41) is 2.83. The second-order valence-corrected chi connectivity index (χ2v) is 6.73. The predicted molar refractivity (Wildman–Crippen MR) is 96.2 cm³/mol. The average Bonchev–Trinajstić information content (AvgIpc) is 2.63. The maximum atomic E-state index is 13.0. The van der Waals surface area contributed by atoms with Crippen molar-refractivity contribution in [2.75, 3.05) is 18.0 Å². The zero-order valence-corrected chi connectivity index (χ0v) is 15.5. The van der Waals surface area contributed by atoms with Crippen LogP contribution in [0.25, 0.3) is 0 Å². The van der Waals surface area contributed by atoms with Crippen molar-refractivity contribution in [1.82, 2.24) is 19.9 Å². The molecule has 3 rings (SSSR count). The smallest absolute Gasteiger partial charge is 0.356 e. The summed E-state index contributed by atoms with van der Waals surface area (Å²) in [6.07, 6.45) is -1.90. The summed E-state index contributed by atoms with van der Waals surface area (Å²) < 4.78 is 40.2. The van der Waals surface area contributed by atoms with Crippen LogP contribution in [0.2, 0.25) is 0 Å². The zero-order valence-electron chi connectivity index (χ0n) is 15.5. The van der Waals surface area contributed by atoms with Crippen LogP contribution in [-0.2, 0) is 13.2 Å². The number of carbonyl (C=O) groups is 1. The molecule has 3 heterocycles. The maximum absolute atomic E-state index is 13.0. The molecule has 0 atom stereocenters. The summed E-state index contributed by atoms with van der Waals surface area (Å²) in [6, 6.07) is 3.86. The fraction of sp³-hybridized carbons (Fsp3) is 0.444. The Balaban J connectivity index is 1.65. The number of nitrogens with zero attached hydrogens (tertiary/aromatic N) is 4. The van der Waals surface area contributed by atoms with Gasteiger partial charge in [-0.3, -0.25) is 9.59 Å². The highest BCUT2D eigenvalue weighted by atomic mass is 19.4. The lowest BCUT2D eigenvalue weighted by Gasteiger charge is -2.33. The fourth-order valence-electron chi connectivity index (χ4n) is 3.15. The number of hydrogen-bond acceptors (Lipinski definition) is 5. The summed E-state index contributed by atoms with van der Waals surface area (Å²) in [4.78, 5) is 33.7. The van der Waals surface area contributed by atoms with E-state index in [4.69, 9.17) is 0 Å². The predicted octanol–water partition coefficient (Wildman–Crippen LogP) is 1.90. The number of rotatable bonds is 3. The van der Waals surface area contributed by atoms with E-state index in [2.05, 4.69) is 15.3 Å². The van der Waals surface area contributed by atoms with Crippen LogP contribution in [0.1, 0.15) is 34.7 Å². The number of amides is 1. The number of nitrogens with one attached hydrogen (secondary N) is 1. The topological polar surface area (TPSA) is 80.1 Å². The van der Waals surface area contributed by atoms with Gasteiger partial charge >= 0.3 is 6.18 Å². The highest BCUT2D eigenvalue weighted by Crippen LogP contribution is 2.30. The number of halogens is 3. The second-order valence-electron chi connectivity index (χ2n) is 6.73. The number of anilines is 1. The summed E-state index contributed by atoms with van der Waals surface area (Å²) in [5.41, 5.74) is -1.28. The number of aryl methyl sites for hydroxylation is 2. The molecule has 7 nitrogen and oxygen atoms in total. The molecular formula is C18H20F3N5O2. The van der Waals surface area contributed by atoms with E-state index in [-0.39, 0.29) is 28.8 Å². The van der Waals surface area contributed by atoms with E-state index in [1.165, 1.54) is 17.6 Å². The number of piperidine rings is 1. The van der Waals surface area contributed by atoms with Gasteiger partial charge in [0.15, 0.2) is 0 Å². The molecule has 0 radical (unpaired) electrons. The molecule has 2 aromatic heterocycles. The van der Waals surface area contributed by atoms with E-state index in [1.807, 2.05) is 0 Å². The Hall–Kier alpha value is -2.91. The van der Waals surface area contributed by atoms with Crippen molar-refractivity contribution in [2.45, 2.75) is 32.0 Å². The Morgan fingerprint density at radius 1 is 1.25 bits per heavy atom. The van der Waals surface area contributed by atoms with Crippen LogP contribution in [0.15, 0.2) is 29.2 Å². The average molecular weight is 395 g/mol. The van der Waals surface area contributed by atoms with Crippen molar-refractivity contribution in [1.29, 1.82) is 0 Å². The highest BCUT2D eigenvalue weighted by Gasteiger charge is 2.34. The third kappa shape index (κ3) is 4.32. The van der Waals surface area contributed by atoms with Crippen LogP contribution in [0.4, 0.5) is 19.0 Å². The minimum atomic E-state index is -4.53. The van der Waals surface area contributed by atoms with Gasteiger partial charge in [0.2, 0.25) is 0 Å². The molecule has 10 heteroatoms. The highest BCUT2D eigenvalue weighted by molar-refractivity contribution is 5.94. The molecule has 0 bridgehead atoms.